The summed E-state index contributed by atoms with van der Waals surface area (Å²) in [6.07, 6.45) is 0.780. The van der Waals surface area contributed by atoms with E-state index in [0.29, 0.717) is 40.1 Å². The summed E-state index contributed by atoms with van der Waals surface area (Å²) in [6, 6.07) is 14.2. The molecule has 1 N–H and O–H groups in total. The smallest absolute Gasteiger partial charge is 0.417 e. The molecule has 0 radical (unpaired) electrons. The zero-order chi connectivity index (χ0) is 26.4. The predicted molar refractivity (Wildman–Crippen MR) is 141 cm³/mol. The van der Waals surface area contributed by atoms with Crippen molar-refractivity contribution in [2.24, 2.45) is 5.41 Å². The van der Waals surface area contributed by atoms with Gasteiger partial charge in [0.15, 0.2) is 5.75 Å². The number of carbonyl (C=O) groups is 1. The maximum atomic E-state index is 12.5. The number of nitrogens with zero attached hydrogens (tertiary/aromatic N) is 4. The van der Waals surface area contributed by atoms with E-state index in [-0.39, 0.29) is 5.41 Å². The Hall–Kier alpha value is -3.58. The van der Waals surface area contributed by atoms with Gasteiger partial charge in [-0.05, 0) is 49.4 Å². The van der Waals surface area contributed by atoms with E-state index in [1.165, 1.54) is 6.20 Å². The Bertz CT molecular complexity index is 1280. The van der Waals surface area contributed by atoms with Gasteiger partial charge in [0, 0.05) is 35.8 Å². The Morgan fingerprint density at radius 1 is 1.19 bits per heavy atom. The first-order valence-electron chi connectivity index (χ1n) is 12.0. The number of morpholine rings is 1. The summed E-state index contributed by atoms with van der Waals surface area (Å²) in [7, 11) is 0. The van der Waals surface area contributed by atoms with Crippen LogP contribution in [0.2, 0.25) is 5.02 Å². The highest BCUT2D eigenvalue weighted by molar-refractivity contribution is 6.30. The number of anilines is 1. The molecule has 3 aromatic rings. The van der Waals surface area contributed by atoms with E-state index in [1.807, 2.05) is 12.1 Å². The molecule has 0 aliphatic carbocycles. The number of hydrogen-bond acceptors (Lipinski definition) is 7. The number of carbonyl (C=O) groups excluding carboxylic acids is 1. The third kappa shape index (κ3) is 7.01. The lowest BCUT2D eigenvalue weighted by atomic mass is 9.93. The second kappa shape index (κ2) is 11.6. The normalized spacial score (nSPS) is 14.1. The lowest BCUT2D eigenvalue weighted by molar-refractivity contribution is 0.0132. The number of nitriles is 1. The van der Waals surface area contributed by atoms with Crippen molar-refractivity contribution >= 4 is 23.4 Å². The van der Waals surface area contributed by atoms with Crippen molar-refractivity contribution in [1.82, 2.24) is 14.7 Å². The molecule has 1 amide bonds. The summed E-state index contributed by atoms with van der Waals surface area (Å²) < 4.78 is 18.5. The third-order valence-corrected chi connectivity index (χ3v) is 6.21. The average Bonchev–Trinajstić information content (AvgIpc) is 3.23. The molecule has 1 fully saturated rings. The molecule has 0 saturated carbocycles. The van der Waals surface area contributed by atoms with E-state index in [9.17, 15) is 10.1 Å². The Labute approximate surface area is 221 Å². The van der Waals surface area contributed by atoms with Crippen molar-refractivity contribution in [3.05, 3.63) is 64.9 Å². The van der Waals surface area contributed by atoms with Gasteiger partial charge in [-0.15, -0.1) is 0 Å². The molecule has 1 aliphatic rings. The summed E-state index contributed by atoms with van der Waals surface area (Å²) in [6.45, 7) is 10.7. The number of amides is 1. The fourth-order valence-electron chi connectivity index (χ4n) is 4.08. The molecule has 0 unspecified atom stereocenters. The van der Waals surface area contributed by atoms with Gasteiger partial charge in [-0.2, -0.15) is 10.4 Å². The summed E-state index contributed by atoms with van der Waals surface area (Å²) in [5.74, 6) is 0.784. The van der Waals surface area contributed by atoms with Crippen LogP contribution in [0.3, 0.4) is 0 Å². The van der Waals surface area contributed by atoms with Gasteiger partial charge in [-0.1, -0.05) is 25.4 Å². The SMILES string of the molecule is Cc1c(OC(=O)Nc2ccc(OCC(C)(C)CN3CCOCC3)c(C#N)c2)cnn1-c1ccc(Cl)cc1. The standard InChI is InChI=1S/C27H30ClN5O4/c1-19-25(16-30-33(19)23-7-4-21(28)5-8-23)37-26(34)31-22-6-9-24(20(14-22)15-29)36-18-27(2,3)17-32-10-12-35-13-11-32/h4-9,14,16H,10-13,17-18H2,1-3H3,(H,31,34). The van der Waals surface area contributed by atoms with Crippen LogP contribution in [-0.2, 0) is 4.74 Å². The maximum absolute atomic E-state index is 12.5. The highest BCUT2D eigenvalue weighted by Gasteiger charge is 2.25. The van der Waals surface area contributed by atoms with Crippen LogP contribution < -0.4 is 14.8 Å². The van der Waals surface area contributed by atoms with Crippen LogP contribution in [0.1, 0.15) is 25.1 Å². The number of nitrogens with one attached hydrogen (secondary N) is 1. The molecule has 9 nitrogen and oxygen atoms in total. The maximum Gasteiger partial charge on any atom is 0.417 e. The first-order chi connectivity index (χ1) is 17.7. The first kappa shape index (κ1) is 26.5. The number of hydrogen-bond donors (Lipinski definition) is 1. The van der Waals surface area contributed by atoms with Gasteiger partial charge in [-0.3, -0.25) is 10.2 Å². The molecule has 10 heteroatoms. The first-order valence-corrected chi connectivity index (χ1v) is 12.4. The fourth-order valence-corrected chi connectivity index (χ4v) is 4.21. The van der Waals surface area contributed by atoms with E-state index in [1.54, 1.807) is 41.9 Å². The van der Waals surface area contributed by atoms with Crippen LogP contribution in [0.4, 0.5) is 10.5 Å². The van der Waals surface area contributed by atoms with Crippen molar-refractivity contribution in [3.63, 3.8) is 0 Å². The summed E-state index contributed by atoms with van der Waals surface area (Å²) in [4.78, 5) is 14.9. The van der Waals surface area contributed by atoms with Crippen LogP contribution in [0.5, 0.6) is 11.5 Å². The number of aromatic nitrogens is 2. The topological polar surface area (TPSA) is 102 Å². The highest BCUT2D eigenvalue weighted by Crippen LogP contribution is 2.27. The summed E-state index contributed by atoms with van der Waals surface area (Å²) >= 11 is 5.95. The van der Waals surface area contributed by atoms with Crippen molar-refractivity contribution in [1.29, 1.82) is 5.26 Å². The number of ether oxygens (including phenoxy) is 3. The fraction of sp³-hybridized carbons (Fsp3) is 0.370. The van der Waals surface area contributed by atoms with Gasteiger partial charge in [0.2, 0.25) is 0 Å². The lowest BCUT2D eigenvalue weighted by Gasteiger charge is -2.34. The molecule has 1 aliphatic heterocycles. The molecule has 0 atom stereocenters. The minimum absolute atomic E-state index is 0.112. The monoisotopic (exact) mass is 523 g/mol. The Morgan fingerprint density at radius 2 is 1.92 bits per heavy atom. The lowest BCUT2D eigenvalue weighted by Crippen LogP contribution is -2.43. The zero-order valence-electron chi connectivity index (χ0n) is 21.2. The zero-order valence-corrected chi connectivity index (χ0v) is 21.9. The largest absolute Gasteiger partial charge is 0.492 e. The van der Waals surface area contributed by atoms with Gasteiger partial charge >= 0.3 is 6.09 Å². The van der Waals surface area contributed by atoms with Gasteiger partial charge in [0.25, 0.3) is 0 Å². The molecule has 194 valence electrons. The van der Waals surface area contributed by atoms with E-state index in [2.05, 4.69) is 35.2 Å². The molecule has 4 rings (SSSR count). The Balaban J connectivity index is 1.35. The van der Waals surface area contributed by atoms with Gasteiger partial charge in [0.1, 0.15) is 11.8 Å². The quantitative estimate of drug-likeness (QED) is 0.440. The number of rotatable bonds is 8. The van der Waals surface area contributed by atoms with Gasteiger partial charge < -0.3 is 14.2 Å². The van der Waals surface area contributed by atoms with Crippen LogP contribution in [0.15, 0.2) is 48.7 Å². The summed E-state index contributed by atoms with van der Waals surface area (Å²) in [5.41, 5.74) is 2.08. The minimum Gasteiger partial charge on any atom is -0.492 e. The summed E-state index contributed by atoms with van der Waals surface area (Å²) in [5, 5.41) is 17.2. The minimum atomic E-state index is -0.692. The predicted octanol–water partition coefficient (Wildman–Crippen LogP) is 5.05. The van der Waals surface area contributed by atoms with Crippen LogP contribution in [0.25, 0.3) is 5.69 Å². The van der Waals surface area contributed by atoms with Crippen LogP contribution in [-0.4, -0.2) is 60.2 Å². The third-order valence-electron chi connectivity index (χ3n) is 5.96. The van der Waals surface area contributed by atoms with E-state index >= 15 is 0 Å². The van der Waals surface area contributed by atoms with Crippen molar-refractivity contribution in [2.75, 3.05) is 44.8 Å². The molecule has 2 aromatic carbocycles. The van der Waals surface area contributed by atoms with Crippen LogP contribution >= 0.6 is 11.6 Å². The number of benzene rings is 2. The molecule has 1 saturated heterocycles. The van der Waals surface area contributed by atoms with E-state index in [4.69, 9.17) is 25.8 Å². The number of halogens is 1. The molecule has 37 heavy (non-hydrogen) atoms. The molecular formula is C27H30ClN5O4. The van der Waals surface area contributed by atoms with Gasteiger partial charge in [-0.25, -0.2) is 9.48 Å². The van der Waals surface area contributed by atoms with Crippen LogP contribution in [0, 0.1) is 23.7 Å². The van der Waals surface area contributed by atoms with Crippen molar-refractivity contribution in [3.8, 4) is 23.3 Å². The van der Waals surface area contributed by atoms with Crippen molar-refractivity contribution in [2.45, 2.75) is 20.8 Å². The molecule has 0 spiro atoms. The van der Waals surface area contributed by atoms with E-state index < -0.39 is 6.09 Å². The highest BCUT2D eigenvalue weighted by atomic mass is 35.5. The van der Waals surface area contributed by atoms with Gasteiger partial charge in [0.05, 0.1) is 43.0 Å². The molecular weight excluding hydrogens is 494 g/mol. The Kier molecular flexibility index (Phi) is 8.34. The van der Waals surface area contributed by atoms with E-state index in [0.717, 1.165) is 38.5 Å². The average molecular weight is 524 g/mol. The second-order valence-corrected chi connectivity index (χ2v) is 10.1. The Morgan fingerprint density at radius 3 is 2.62 bits per heavy atom. The second-order valence-electron chi connectivity index (χ2n) is 9.66. The van der Waals surface area contributed by atoms with Crippen molar-refractivity contribution < 1.29 is 19.0 Å². The molecule has 2 heterocycles. The molecule has 0 bridgehead atoms. The molecule has 1 aromatic heterocycles.